The van der Waals surface area contributed by atoms with Gasteiger partial charge in [-0.2, -0.15) is 0 Å². The number of carbonyl (C=O) groups excluding carboxylic acids is 1. The van der Waals surface area contributed by atoms with Gasteiger partial charge >= 0.3 is 0 Å². The Morgan fingerprint density at radius 3 is 2.81 bits per heavy atom. The number of benzene rings is 1. The number of halogens is 1. The molecule has 0 radical (unpaired) electrons. The van der Waals surface area contributed by atoms with Crippen LogP contribution in [0.15, 0.2) is 29.3 Å². The highest BCUT2D eigenvalue weighted by Gasteiger charge is 2.03. The molecule has 0 aliphatic rings. The van der Waals surface area contributed by atoms with Gasteiger partial charge in [-0.3, -0.25) is 9.79 Å². The maximum atomic E-state index is 13.0. The number of aliphatic imine (C=N–C) groups is 1. The van der Waals surface area contributed by atoms with Crippen molar-refractivity contribution >= 4 is 11.9 Å². The van der Waals surface area contributed by atoms with Gasteiger partial charge in [0.15, 0.2) is 5.96 Å². The zero-order valence-corrected chi connectivity index (χ0v) is 12.3. The van der Waals surface area contributed by atoms with Crippen LogP contribution in [0.5, 0.6) is 0 Å². The molecule has 0 unspecified atom stereocenters. The topological polar surface area (TPSA) is 74.8 Å². The molecule has 0 saturated heterocycles. The van der Waals surface area contributed by atoms with Crippen LogP contribution in [0, 0.1) is 5.82 Å². The Kier molecular flexibility index (Phi) is 7.81. The second-order valence-corrected chi connectivity index (χ2v) is 4.25. The number of nitrogens with zero attached hydrogens (tertiary/aromatic N) is 1. The van der Waals surface area contributed by atoms with Crippen LogP contribution >= 0.6 is 0 Å². The molecule has 7 heteroatoms. The number of guanidine groups is 1. The number of carbonyl (C=O) groups is 1. The molecule has 1 amide bonds. The Balaban J connectivity index is 2.30. The van der Waals surface area contributed by atoms with E-state index in [4.69, 9.17) is 4.74 Å². The molecule has 0 saturated carbocycles. The summed E-state index contributed by atoms with van der Waals surface area (Å²) in [5.74, 6) is 0.0386. The maximum Gasteiger partial charge on any atom is 0.239 e. The largest absolute Gasteiger partial charge is 0.383 e. The quantitative estimate of drug-likeness (QED) is 0.383. The highest BCUT2D eigenvalue weighted by Crippen LogP contribution is 2.02. The molecule has 0 atom stereocenters. The molecule has 116 valence electrons. The second kappa shape index (κ2) is 9.71. The highest BCUT2D eigenvalue weighted by atomic mass is 19.1. The maximum absolute atomic E-state index is 13.0. The van der Waals surface area contributed by atoms with Crippen LogP contribution in [0.25, 0.3) is 0 Å². The predicted octanol–water partition coefficient (Wildman–Crippen LogP) is 0.253. The molecule has 0 fully saturated rings. The number of rotatable bonds is 7. The van der Waals surface area contributed by atoms with Gasteiger partial charge in [-0.15, -0.1) is 0 Å². The van der Waals surface area contributed by atoms with Crippen LogP contribution in [0.2, 0.25) is 0 Å². The fourth-order valence-electron chi connectivity index (χ4n) is 1.57. The zero-order valence-electron chi connectivity index (χ0n) is 12.3. The van der Waals surface area contributed by atoms with Gasteiger partial charge in [-0.05, 0) is 17.7 Å². The van der Waals surface area contributed by atoms with Crippen LogP contribution in [0.3, 0.4) is 0 Å². The molecule has 0 aliphatic heterocycles. The van der Waals surface area contributed by atoms with Gasteiger partial charge < -0.3 is 20.7 Å². The van der Waals surface area contributed by atoms with Gasteiger partial charge in [0.2, 0.25) is 5.91 Å². The summed E-state index contributed by atoms with van der Waals surface area (Å²) in [5.41, 5.74) is 0.794. The lowest BCUT2D eigenvalue weighted by Crippen LogP contribution is -2.43. The lowest BCUT2D eigenvalue weighted by molar-refractivity contribution is -0.120. The minimum Gasteiger partial charge on any atom is -0.383 e. The van der Waals surface area contributed by atoms with Crippen molar-refractivity contribution in [2.75, 3.05) is 33.9 Å². The number of amides is 1. The van der Waals surface area contributed by atoms with Crippen molar-refractivity contribution in [3.05, 3.63) is 35.6 Å². The lowest BCUT2D eigenvalue weighted by Gasteiger charge is -2.12. The molecule has 6 nitrogen and oxygen atoms in total. The second-order valence-electron chi connectivity index (χ2n) is 4.25. The van der Waals surface area contributed by atoms with Gasteiger partial charge in [0.25, 0.3) is 0 Å². The fraction of sp³-hybridized carbons (Fsp3) is 0.429. The van der Waals surface area contributed by atoms with E-state index in [9.17, 15) is 9.18 Å². The first-order valence-electron chi connectivity index (χ1n) is 6.60. The fourth-order valence-corrected chi connectivity index (χ4v) is 1.57. The number of nitrogens with one attached hydrogen (secondary N) is 3. The SMILES string of the molecule is CN=C(NCC(=O)NCCOC)NCc1cccc(F)c1. The third kappa shape index (κ3) is 7.26. The number of ether oxygens (including phenoxy) is 1. The van der Waals surface area contributed by atoms with E-state index < -0.39 is 0 Å². The summed E-state index contributed by atoms with van der Waals surface area (Å²) in [5, 5.41) is 8.56. The first-order chi connectivity index (χ1) is 10.2. The van der Waals surface area contributed by atoms with E-state index in [2.05, 4.69) is 20.9 Å². The molecule has 0 aliphatic carbocycles. The van der Waals surface area contributed by atoms with Gasteiger partial charge in [0, 0.05) is 27.2 Å². The highest BCUT2D eigenvalue weighted by molar-refractivity contribution is 5.86. The standard InChI is InChI=1S/C14H21FN4O2/c1-16-14(19-10-13(20)17-6-7-21-2)18-9-11-4-3-5-12(15)8-11/h3-5,8H,6-7,9-10H2,1-2H3,(H,17,20)(H2,16,18,19). The van der Waals surface area contributed by atoms with Gasteiger partial charge in [-0.25, -0.2) is 4.39 Å². The number of methoxy groups -OCH3 is 1. The van der Waals surface area contributed by atoms with Crippen LogP contribution in [0.4, 0.5) is 4.39 Å². The van der Waals surface area contributed by atoms with E-state index in [0.29, 0.717) is 25.7 Å². The molecule has 1 aromatic carbocycles. The Bertz CT molecular complexity index is 480. The molecule has 0 heterocycles. The lowest BCUT2D eigenvalue weighted by atomic mass is 10.2. The van der Waals surface area contributed by atoms with E-state index >= 15 is 0 Å². The third-order valence-corrected chi connectivity index (χ3v) is 2.62. The first kappa shape index (κ1) is 16.9. The average Bonchev–Trinajstić information content (AvgIpc) is 2.48. The third-order valence-electron chi connectivity index (χ3n) is 2.62. The van der Waals surface area contributed by atoms with E-state index in [1.165, 1.54) is 12.1 Å². The predicted molar refractivity (Wildman–Crippen MR) is 79.5 cm³/mol. The van der Waals surface area contributed by atoms with Crippen molar-refractivity contribution in [1.29, 1.82) is 0 Å². The van der Waals surface area contributed by atoms with E-state index in [1.54, 1.807) is 26.3 Å². The van der Waals surface area contributed by atoms with Crippen LogP contribution < -0.4 is 16.0 Å². The first-order valence-corrected chi connectivity index (χ1v) is 6.60. The molecule has 0 spiro atoms. The zero-order chi connectivity index (χ0) is 15.5. The molecular formula is C14H21FN4O2. The van der Waals surface area contributed by atoms with Crippen LogP contribution in [-0.4, -0.2) is 45.7 Å². The molecule has 0 aromatic heterocycles. The summed E-state index contributed by atoms with van der Waals surface area (Å²) in [4.78, 5) is 15.5. The molecule has 3 N–H and O–H groups in total. The number of hydrogen-bond donors (Lipinski definition) is 3. The Hall–Kier alpha value is -2.15. The Morgan fingerprint density at radius 2 is 2.14 bits per heavy atom. The smallest absolute Gasteiger partial charge is 0.239 e. The summed E-state index contributed by atoms with van der Waals surface area (Å²) in [6.45, 7) is 1.46. The number of hydrogen-bond acceptors (Lipinski definition) is 3. The minimum atomic E-state index is -0.283. The van der Waals surface area contributed by atoms with E-state index in [-0.39, 0.29) is 18.3 Å². The van der Waals surface area contributed by atoms with Crippen molar-refractivity contribution in [1.82, 2.24) is 16.0 Å². The molecule has 0 bridgehead atoms. The van der Waals surface area contributed by atoms with Crippen molar-refractivity contribution in [2.45, 2.75) is 6.54 Å². The van der Waals surface area contributed by atoms with E-state index in [1.807, 2.05) is 0 Å². The molecule has 1 rings (SSSR count). The molecule has 21 heavy (non-hydrogen) atoms. The van der Waals surface area contributed by atoms with Crippen molar-refractivity contribution in [3.63, 3.8) is 0 Å². The summed E-state index contributed by atoms with van der Waals surface area (Å²) in [6, 6.07) is 6.28. The van der Waals surface area contributed by atoms with Crippen molar-refractivity contribution in [2.24, 2.45) is 4.99 Å². The average molecular weight is 296 g/mol. The van der Waals surface area contributed by atoms with Gasteiger partial charge in [0.05, 0.1) is 13.2 Å². The normalized spacial score (nSPS) is 11.1. The summed E-state index contributed by atoms with van der Waals surface area (Å²) < 4.78 is 17.9. The molecular weight excluding hydrogens is 275 g/mol. The summed E-state index contributed by atoms with van der Waals surface area (Å²) in [6.07, 6.45) is 0. The van der Waals surface area contributed by atoms with Crippen molar-refractivity contribution in [3.8, 4) is 0 Å². The monoisotopic (exact) mass is 296 g/mol. The molecule has 1 aromatic rings. The van der Waals surface area contributed by atoms with Gasteiger partial charge in [0.1, 0.15) is 5.82 Å². The van der Waals surface area contributed by atoms with Crippen LogP contribution in [-0.2, 0) is 16.1 Å². The van der Waals surface area contributed by atoms with E-state index in [0.717, 1.165) is 5.56 Å². The summed E-state index contributed by atoms with van der Waals surface area (Å²) >= 11 is 0. The summed E-state index contributed by atoms with van der Waals surface area (Å²) in [7, 11) is 3.17. The van der Waals surface area contributed by atoms with Gasteiger partial charge in [-0.1, -0.05) is 12.1 Å². The Morgan fingerprint density at radius 1 is 1.33 bits per heavy atom. The minimum absolute atomic E-state index is 0.104. The Labute approximate surface area is 123 Å². The van der Waals surface area contributed by atoms with Crippen molar-refractivity contribution < 1.29 is 13.9 Å². The van der Waals surface area contributed by atoms with Crippen LogP contribution in [0.1, 0.15) is 5.56 Å².